The zero-order chi connectivity index (χ0) is 17.4. The lowest BCUT2D eigenvalue weighted by Gasteiger charge is -2.37. The molecule has 0 rings (SSSR count). The molecule has 0 aliphatic rings. The molecule has 0 unspecified atom stereocenters. The van der Waals surface area contributed by atoms with Crippen molar-refractivity contribution in [3.05, 3.63) is 0 Å². The molecule has 0 fully saturated rings. The fourth-order valence-electron chi connectivity index (χ4n) is 2.87. The van der Waals surface area contributed by atoms with Gasteiger partial charge in [0.05, 0.1) is 13.2 Å². The van der Waals surface area contributed by atoms with E-state index in [-0.39, 0.29) is 19.2 Å². The highest BCUT2D eigenvalue weighted by Gasteiger charge is 2.26. The molecule has 0 aliphatic heterocycles. The molecule has 4 nitrogen and oxygen atoms in total. The average Bonchev–Trinajstić information content (AvgIpc) is 2.49. The molecule has 5 heteroatoms. The maximum Gasteiger partial charge on any atom is 0.313 e. The third-order valence-electron chi connectivity index (χ3n) is 4.09. The summed E-state index contributed by atoms with van der Waals surface area (Å²) in [6, 6.07) is 0. The Morgan fingerprint density at radius 1 is 0.783 bits per heavy atom. The van der Waals surface area contributed by atoms with Crippen molar-refractivity contribution in [2.45, 2.75) is 78.1 Å². The molecule has 2 N–H and O–H groups in total. The maximum absolute atomic E-state index is 11.3. The Balaban J connectivity index is 3.87. The molecule has 0 atom stereocenters. The van der Waals surface area contributed by atoms with Crippen LogP contribution in [0.5, 0.6) is 0 Å². The van der Waals surface area contributed by atoms with E-state index in [1.54, 1.807) is 0 Å². The summed E-state index contributed by atoms with van der Waals surface area (Å²) >= 11 is 0. The number of carbonyl (C=O) groups is 1. The molecule has 23 heavy (non-hydrogen) atoms. The Hall–Kier alpha value is -0.260. The average molecular weight is 351 g/mol. The molecule has 0 aromatic carbocycles. The third kappa shape index (κ3) is 12.8. The molecule has 0 heterocycles. The minimum atomic E-state index is -1.65. The van der Waals surface area contributed by atoms with E-state index in [1.807, 2.05) is 0 Å². The highest BCUT2D eigenvalue weighted by atomic mass is 32.3. The summed E-state index contributed by atoms with van der Waals surface area (Å²) < 4.78 is 5.53. The van der Waals surface area contributed by atoms with Gasteiger partial charge in [-0.2, -0.15) is 0 Å². The molecular weight excluding hydrogens is 312 g/mol. The summed E-state index contributed by atoms with van der Waals surface area (Å²) in [5.74, 6) is 1.49. The van der Waals surface area contributed by atoms with Gasteiger partial charge in [-0.1, -0.05) is 75.0 Å². The van der Waals surface area contributed by atoms with Crippen molar-refractivity contribution < 1.29 is 19.2 Å². The van der Waals surface area contributed by atoms with Crippen LogP contribution in [0.4, 0.5) is 0 Å². The van der Waals surface area contributed by atoms with Gasteiger partial charge in [0, 0.05) is 24.2 Å². The maximum atomic E-state index is 11.3. The van der Waals surface area contributed by atoms with Gasteiger partial charge in [0.15, 0.2) is 0 Å². The summed E-state index contributed by atoms with van der Waals surface area (Å²) in [7, 11) is -1.65. The molecule has 0 bridgehead atoms. The molecule has 0 aromatic heterocycles. The largest absolute Gasteiger partial charge is 0.415 e. The van der Waals surface area contributed by atoms with E-state index in [4.69, 9.17) is 4.18 Å². The standard InChI is InChI=1S/C18H38O4S/c1-3-4-5-6-7-8-9-10-11-12-15-23(16-13-19,17-14-20)22-18(2)21/h19-20H,3-17H2,1-2H3. The van der Waals surface area contributed by atoms with E-state index in [1.165, 1.54) is 58.3 Å². The van der Waals surface area contributed by atoms with Gasteiger partial charge in [0.25, 0.3) is 0 Å². The van der Waals surface area contributed by atoms with Gasteiger partial charge in [-0.05, 0) is 6.42 Å². The minimum Gasteiger partial charge on any atom is -0.415 e. The van der Waals surface area contributed by atoms with Gasteiger partial charge in [0.1, 0.15) is 0 Å². The molecule has 0 amide bonds. The second-order valence-corrected chi connectivity index (χ2v) is 9.61. The van der Waals surface area contributed by atoms with Crippen LogP contribution in [0.3, 0.4) is 0 Å². The SMILES string of the molecule is CCCCCCCCCCCCS(CCO)(CCO)OC(C)=O. The molecule has 0 aliphatic carbocycles. The van der Waals surface area contributed by atoms with Crippen molar-refractivity contribution in [1.82, 2.24) is 0 Å². The van der Waals surface area contributed by atoms with Crippen LogP contribution in [0.1, 0.15) is 78.1 Å². The first kappa shape index (κ1) is 22.7. The molecule has 0 radical (unpaired) electrons. The summed E-state index contributed by atoms with van der Waals surface area (Å²) in [5.41, 5.74) is 0. The first-order chi connectivity index (χ1) is 11.1. The summed E-state index contributed by atoms with van der Waals surface area (Å²) in [6.45, 7) is 3.68. The van der Waals surface area contributed by atoms with Gasteiger partial charge >= 0.3 is 5.97 Å². The smallest absolute Gasteiger partial charge is 0.313 e. The van der Waals surface area contributed by atoms with Crippen molar-refractivity contribution in [2.24, 2.45) is 0 Å². The van der Waals surface area contributed by atoms with Crippen LogP contribution < -0.4 is 0 Å². The van der Waals surface area contributed by atoms with Crippen LogP contribution in [0, 0.1) is 0 Å². The van der Waals surface area contributed by atoms with Crippen molar-refractivity contribution in [3.63, 3.8) is 0 Å². The van der Waals surface area contributed by atoms with Gasteiger partial charge in [0.2, 0.25) is 0 Å². The van der Waals surface area contributed by atoms with Crippen LogP contribution in [-0.2, 0) is 8.98 Å². The fourth-order valence-corrected chi connectivity index (χ4v) is 5.62. The van der Waals surface area contributed by atoms with Gasteiger partial charge in [-0.25, -0.2) is 0 Å². The normalized spacial score (nSPS) is 12.3. The summed E-state index contributed by atoms with van der Waals surface area (Å²) in [4.78, 5) is 11.3. The van der Waals surface area contributed by atoms with E-state index in [9.17, 15) is 15.0 Å². The van der Waals surface area contributed by atoms with Crippen molar-refractivity contribution in [2.75, 3.05) is 30.5 Å². The predicted octanol–water partition coefficient (Wildman–Crippen LogP) is 4.17. The predicted molar refractivity (Wildman–Crippen MR) is 100.0 cm³/mol. The number of unbranched alkanes of at least 4 members (excludes halogenated alkanes) is 9. The van der Waals surface area contributed by atoms with E-state index >= 15 is 0 Å². The van der Waals surface area contributed by atoms with Crippen LogP contribution >= 0.6 is 10.3 Å². The quantitative estimate of drug-likeness (QED) is 0.410. The Kier molecular flexibility index (Phi) is 15.1. The number of carbonyl (C=O) groups excluding carboxylic acids is 1. The number of hydrogen-bond donors (Lipinski definition) is 2. The molecule has 140 valence electrons. The lowest BCUT2D eigenvalue weighted by atomic mass is 10.1. The van der Waals surface area contributed by atoms with Crippen molar-refractivity contribution >= 4 is 16.3 Å². The highest BCUT2D eigenvalue weighted by molar-refractivity contribution is 8.30. The number of aliphatic hydroxyl groups excluding tert-OH is 2. The zero-order valence-corrected chi connectivity index (χ0v) is 16.0. The number of aliphatic hydroxyl groups is 2. The molecule has 0 spiro atoms. The Morgan fingerprint density at radius 2 is 1.22 bits per heavy atom. The summed E-state index contributed by atoms with van der Waals surface area (Å²) in [5, 5.41) is 18.5. The van der Waals surface area contributed by atoms with E-state index < -0.39 is 10.3 Å². The topological polar surface area (TPSA) is 66.8 Å². The number of rotatable bonds is 16. The van der Waals surface area contributed by atoms with Crippen LogP contribution in [-0.4, -0.2) is 46.7 Å². The molecule has 0 aromatic rings. The summed E-state index contributed by atoms with van der Waals surface area (Å²) in [6.07, 6.45) is 12.7. The number of hydrogen-bond acceptors (Lipinski definition) is 4. The van der Waals surface area contributed by atoms with E-state index in [0.717, 1.165) is 18.6 Å². The second kappa shape index (κ2) is 15.3. The Bertz CT molecular complexity index is 278. The Labute approximate surface area is 144 Å². The van der Waals surface area contributed by atoms with E-state index in [0.29, 0.717) is 11.5 Å². The third-order valence-corrected chi connectivity index (χ3v) is 7.56. The molecule has 0 saturated heterocycles. The van der Waals surface area contributed by atoms with E-state index in [2.05, 4.69) is 6.92 Å². The molecular formula is C18H38O4S. The van der Waals surface area contributed by atoms with Crippen LogP contribution in [0.25, 0.3) is 0 Å². The van der Waals surface area contributed by atoms with Gasteiger partial charge in [-0.15, -0.1) is 0 Å². The Morgan fingerprint density at radius 3 is 1.61 bits per heavy atom. The monoisotopic (exact) mass is 350 g/mol. The van der Waals surface area contributed by atoms with Crippen molar-refractivity contribution in [3.8, 4) is 0 Å². The first-order valence-corrected chi connectivity index (χ1v) is 11.3. The van der Waals surface area contributed by atoms with Gasteiger partial charge < -0.3 is 14.4 Å². The second-order valence-electron chi connectivity index (χ2n) is 6.28. The lowest BCUT2D eigenvalue weighted by molar-refractivity contribution is -0.131. The zero-order valence-electron chi connectivity index (χ0n) is 15.2. The fraction of sp³-hybridized carbons (Fsp3) is 0.944. The van der Waals surface area contributed by atoms with Crippen molar-refractivity contribution in [1.29, 1.82) is 0 Å². The lowest BCUT2D eigenvalue weighted by Crippen LogP contribution is -2.22. The van der Waals surface area contributed by atoms with Gasteiger partial charge in [-0.3, -0.25) is 4.79 Å². The first-order valence-electron chi connectivity index (χ1n) is 9.28. The van der Waals surface area contributed by atoms with Crippen LogP contribution in [0.15, 0.2) is 0 Å². The highest BCUT2D eigenvalue weighted by Crippen LogP contribution is 2.49. The minimum absolute atomic E-state index is 0.0143. The molecule has 0 saturated carbocycles. The van der Waals surface area contributed by atoms with Crippen LogP contribution in [0.2, 0.25) is 0 Å².